The minimum Gasteiger partial charge on any atom is -0.310 e. The molecule has 18 heavy (non-hydrogen) atoms. The molecule has 2 nitrogen and oxygen atoms in total. The van der Waals surface area contributed by atoms with Crippen molar-refractivity contribution in [1.82, 2.24) is 10.6 Å². The Labute approximate surface area is 111 Å². The van der Waals surface area contributed by atoms with Gasteiger partial charge < -0.3 is 10.6 Å². The van der Waals surface area contributed by atoms with Gasteiger partial charge in [-0.05, 0) is 63.3 Å². The van der Waals surface area contributed by atoms with Crippen molar-refractivity contribution in [3.63, 3.8) is 0 Å². The lowest BCUT2D eigenvalue weighted by molar-refractivity contribution is 0.442. The molecule has 0 aromatic heterocycles. The first kappa shape index (κ1) is 13.6. The summed E-state index contributed by atoms with van der Waals surface area (Å²) in [6, 6.07) is 5.22. The van der Waals surface area contributed by atoms with E-state index in [-0.39, 0.29) is 5.54 Å². The Morgan fingerprint density at radius 2 is 1.83 bits per heavy atom. The minimum atomic E-state index is 0.288. The lowest BCUT2D eigenvalue weighted by Crippen LogP contribution is -2.31. The van der Waals surface area contributed by atoms with Crippen molar-refractivity contribution in [2.45, 2.75) is 59.2 Å². The van der Waals surface area contributed by atoms with Gasteiger partial charge in [-0.1, -0.05) is 12.1 Å². The Hall–Kier alpha value is -0.860. The molecule has 1 aromatic rings. The van der Waals surface area contributed by atoms with Crippen molar-refractivity contribution in [2.24, 2.45) is 0 Å². The third-order valence-corrected chi connectivity index (χ3v) is 4.12. The predicted molar refractivity (Wildman–Crippen MR) is 78.0 cm³/mol. The second kappa shape index (κ2) is 5.02. The fourth-order valence-electron chi connectivity index (χ4n) is 2.77. The summed E-state index contributed by atoms with van der Waals surface area (Å²) in [5.74, 6) is 0. The topological polar surface area (TPSA) is 24.1 Å². The molecule has 1 unspecified atom stereocenters. The minimum absolute atomic E-state index is 0.288. The second-order valence-corrected chi connectivity index (χ2v) is 6.41. The highest BCUT2D eigenvalue weighted by Crippen LogP contribution is 2.19. The first-order chi connectivity index (χ1) is 8.37. The van der Waals surface area contributed by atoms with Gasteiger partial charge in [-0.2, -0.15) is 0 Å². The Morgan fingerprint density at radius 1 is 1.17 bits per heavy atom. The summed E-state index contributed by atoms with van der Waals surface area (Å²) >= 11 is 0. The van der Waals surface area contributed by atoms with Crippen LogP contribution < -0.4 is 10.6 Å². The van der Waals surface area contributed by atoms with Crippen LogP contribution in [0.15, 0.2) is 12.1 Å². The Kier molecular flexibility index (Phi) is 3.79. The molecule has 0 radical (unpaired) electrons. The van der Waals surface area contributed by atoms with Gasteiger partial charge in [0.2, 0.25) is 0 Å². The van der Waals surface area contributed by atoms with E-state index in [1.165, 1.54) is 28.7 Å². The maximum absolute atomic E-state index is 3.68. The summed E-state index contributed by atoms with van der Waals surface area (Å²) in [4.78, 5) is 0. The molecule has 0 aliphatic carbocycles. The van der Waals surface area contributed by atoms with Crippen LogP contribution in [-0.2, 0) is 6.54 Å². The Balaban J connectivity index is 1.97. The highest BCUT2D eigenvalue weighted by atomic mass is 15.1. The van der Waals surface area contributed by atoms with E-state index in [2.05, 4.69) is 57.4 Å². The largest absolute Gasteiger partial charge is 0.310 e. The van der Waals surface area contributed by atoms with Gasteiger partial charge in [0.15, 0.2) is 0 Å². The monoisotopic (exact) mass is 246 g/mol. The van der Waals surface area contributed by atoms with Gasteiger partial charge in [0.25, 0.3) is 0 Å². The zero-order valence-electron chi connectivity index (χ0n) is 12.4. The molecule has 1 aromatic carbocycles. The molecule has 1 heterocycles. The van der Waals surface area contributed by atoms with Crippen LogP contribution >= 0.6 is 0 Å². The SMILES string of the molecule is Cc1cc(C)c(CNC2CNC(C)(C)C2)cc1C. The van der Waals surface area contributed by atoms with E-state index in [1.807, 2.05) is 0 Å². The van der Waals surface area contributed by atoms with E-state index in [0.717, 1.165) is 13.1 Å². The molecule has 2 heteroatoms. The van der Waals surface area contributed by atoms with Gasteiger partial charge in [-0.3, -0.25) is 0 Å². The van der Waals surface area contributed by atoms with E-state index < -0.39 is 0 Å². The van der Waals surface area contributed by atoms with Crippen LogP contribution in [0.5, 0.6) is 0 Å². The fourth-order valence-corrected chi connectivity index (χ4v) is 2.77. The summed E-state index contributed by atoms with van der Waals surface area (Å²) in [6.45, 7) is 13.2. The van der Waals surface area contributed by atoms with E-state index in [1.54, 1.807) is 0 Å². The summed E-state index contributed by atoms with van der Waals surface area (Å²) in [5.41, 5.74) is 5.90. The number of hydrogen-bond acceptors (Lipinski definition) is 2. The lowest BCUT2D eigenvalue weighted by Gasteiger charge is -2.18. The number of hydrogen-bond donors (Lipinski definition) is 2. The molecule has 0 bridgehead atoms. The fraction of sp³-hybridized carbons (Fsp3) is 0.625. The second-order valence-electron chi connectivity index (χ2n) is 6.41. The van der Waals surface area contributed by atoms with E-state index in [4.69, 9.17) is 0 Å². The zero-order valence-corrected chi connectivity index (χ0v) is 12.4. The van der Waals surface area contributed by atoms with Gasteiger partial charge in [0, 0.05) is 24.7 Å². The molecule has 1 atom stereocenters. The number of aryl methyl sites for hydroxylation is 3. The van der Waals surface area contributed by atoms with Crippen molar-refractivity contribution >= 4 is 0 Å². The number of benzene rings is 1. The summed E-state index contributed by atoms with van der Waals surface area (Å²) in [5, 5.41) is 7.23. The van der Waals surface area contributed by atoms with Crippen LogP contribution in [0.2, 0.25) is 0 Å². The van der Waals surface area contributed by atoms with Gasteiger partial charge in [0.05, 0.1) is 0 Å². The molecule has 1 fully saturated rings. The molecule has 2 rings (SSSR count). The average molecular weight is 246 g/mol. The van der Waals surface area contributed by atoms with Crippen LogP contribution in [0.25, 0.3) is 0 Å². The quantitative estimate of drug-likeness (QED) is 0.857. The maximum Gasteiger partial charge on any atom is 0.0213 e. The van der Waals surface area contributed by atoms with Gasteiger partial charge >= 0.3 is 0 Å². The lowest BCUT2D eigenvalue weighted by atomic mass is 9.99. The smallest absolute Gasteiger partial charge is 0.0213 e. The van der Waals surface area contributed by atoms with Crippen LogP contribution in [-0.4, -0.2) is 18.1 Å². The normalized spacial score (nSPS) is 22.4. The summed E-state index contributed by atoms with van der Waals surface area (Å²) in [6.07, 6.45) is 1.21. The van der Waals surface area contributed by atoms with E-state index >= 15 is 0 Å². The molecule has 0 amide bonds. The van der Waals surface area contributed by atoms with Crippen molar-refractivity contribution in [3.8, 4) is 0 Å². The molecule has 1 aliphatic heterocycles. The molecule has 2 N–H and O–H groups in total. The van der Waals surface area contributed by atoms with Crippen LogP contribution in [0, 0.1) is 20.8 Å². The van der Waals surface area contributed by atoms with Gasteiger partial charge in [-0.15, -0.1) is 0 Å². The third kappa shape index (κ3) is 3.12. The van der Waals surface area contributed by atoms with Crippen molar-refractivity contribution in [1.29, 1.82) is 0 Å². The average Bonchev–Trinajstić information content (AvgIpc) is 2.62. The molecule has 100 valence electrons. The predicted octanol–water partition coefficient (Wildman–Crippen LogP) is 2.84. The van der Waals surface area contributed by atoms with Gasteiger partial charge in [0.1, 0.15) is 0 Å². The van der Waals surface area contributed by atoms with Gasteiger partial charge in [-0.25, -0.2) is 0 Å². The van der Waals surface area contributed by atoms with Crippen molar-refractivity contribution in [3.05, 3.63) is 34.4 Å². The van der Waals surface area contributed by atoms with E-state index in [0.29, 0.717) is 6.04 Å². The number of rotatable bonds is 3. The van der Waals surface area contributed by atoms with Crippen LogP contribution in [0.1, 0.15) is 42.5 Å². The third-order valence-electron chi connectivity index (χ3n) is 4.12. The summed E-state index contributed by atoms with van der Waals surface area (Å²) in [7, 11) is 0. The molecular formula is C16H26N2. The molecule has 0 saturated carbocycles. The summed E-state index contributed by atoms with van der Waals surface area (Å²) < 4.78 is 0. The Morgan fingerprint density at radius 3 is 2.44 bits per heavy atom. The van der Waals surface area contributed by atoms with Crippen LogP contribution in [0.3, 0.4) is 0 Å². The standard InChI is InChI=1S/C16H26N2/c1-11-6-13(3)14(7-12(11)2)9-17-15-8-16(4,5)18-10-15/h6-7,15,17-18H,8-10H2,1-5H3. The Bertz CT molecular complexity index is 435. The molecular weight excluding hydrogens is 220 g/mol. The first-order valence-electron chi connectivity index (χ1n) is 6.92. The van der Waals surface area contributed by atoms with Crippen LogP contribution in [0.4, 0.5) is 0 Å². The first-order valence-corrected chi connectivity index (χ1v) is 6.92. The molecule has 1 aliphatic rings. The zero-order chi connectivity index (χ0) is 13.3. The van der Waals surface area contributed by atoms with E-state index in [9.17, 15) is 0 Å². The highest BCUT2D eigenvalue weighted by molar-refractivity contribution is 5.36. The molecule has 0 spiro atoms. The number of nitrogens with one attached hydrogen (secondary N) is 2. The maximum atomic E-state index is 3.68. The van der Waals surface area contributed by atoms with Crippen molar-refractivity contribution < 1.29 is 0 Å². The highest BCUT2D eigenvalue weighted by Gasteiger charge is 2.29. The van der Waals surface area contributed by atoms with Crippen molar-refractivity contribution in [2.75, 3.05) is 6.54 Å². The molecule has 1 saturated heterocycles.